The molecule has 2 unspecified atom stereocenters. The summed E-state index contributed by atoms with van der Waals surface area (Å²) >= 11 is 0. The van der Waals surface area contributed by atoms with E-state index in [1.54, 1.807) is 0 Å². The van der Waals surface area contributed by atoms with Gasteiger partial charge >= 0.3 is 0 Å². The van der Waals surface area contributed by atoms with E-state index >= 15 is 0 Å². The minimum atomic E-state index is 0.220. The van der Waals surface area contributed by atoms with Crippen LogP contribution < -0.4 is 0 Å². The molecule has 36 heavy (non-hydrogen) atoms. The first-order chi connectivity index (χ1) is 17.5. The van der Waals surface area contributed by atoms with Gasteiger partial charge < -0.3 is 19.6 Å². The van der Waals surface area contributed by atoms with Crippen LogP contribution in [-0.4, -0.2) is 96.9 Å². The summed E-state index contributed by atoms with van der Waals surface area (Å²) < 4.78 is 0. The zero-order valence-electron chi connectivity index (χ0n) is 24.3. The number of hydrogen-bond donors (Lipinski definition) is 0. The summed E-state index contributed by atoms with van der Waals surface area (Å²) in [6.45, 7) is 18.3. The van der Waals surface area contributed by atoms with Crippen LogP contribution >= 0.6 is 0 Å². The number of rotatable bonds is 17. The van der Waals surface area contributed by atoms with Crippen molar-refractivity contribution < 1.29 is 9.59 Å². The number of likely N-dealkylation sites (tertiary alicyclic amines) is 2. The Hall–Kier alpha value is -1.14. The summed E-state index contributed by atoms with van der Waals surface area (Å²) in [4.78, 5) is 34.5. The van der Waals surface area contributed by atoms with Crippen molar-refractivity contribution in [3.8, 4) is 0 Å². The highest BCUT2D eigenvalue weighted by molar-refractivity contribution is 5.79. The number of amides is 2. The first-order valence-corrected chi connectivity index (χ1v) is 15.6. The van der Waals surface area contributed by atoms with Crippen LogP contribution in [0.25, 0.3) is 0 Å². The van der Waals surface area contributed by atoms with Crippen LogP contribution in [0.4, 0.5) is 0 Å². The summed E-state index contributed by atoms with van der Waals surface area (Å²) in [5.74, 6) is 1.19. The maximum Gasteiger partial charge on any atom is 0.226 e. The molecule has 2 saturated heterocycles. The molecule has 2 rings (SSSR count). The number of carbonyl (C=O) groups excluding carboxylic acids is 2. The largest absolute Gasteiger partial charge is 0.343 e. The molecule has 2 fully saturated rings. The van der Waals surface area contributed by atoms with Crippen LogP contribution in [0.15, 0.2) is 0 Å². The second kappa shape index (κ2) is 18.2. The van der Waals surface area contributed by atoms with Crippen LogP contribution in [0, 0.1) is 11.8 Å². The lowest BCUT2D eigenvalue weighted by Gasteiger charge is -2.34. The lowest BCUT2D eigenvalue weighted by Crippen LogP contribution is -2.45. The van der Waals surface area contributed by atoms with Crippen molar-refractivity contribution in [2.45, 2.75) is 105 Å². The summed E-state index contributed by atoms with van der Waals surface area (Å²) in [6.07, 6.45) is 15.1. The molecule has 0 aromatic carbocycles. The number of unbranched alkanes of at least 4 members (excludes halogenated alkanes) is 7. The minimum absolute atomic E-state index is 0.220. The molecule has 2 atom stereocenters. The third-order valence-corrected chi connectivity index (χ3v) is 8.56. The van der Waals surface area contributed by atoms with Crippen molar-refractivity contribution in [2.24, 2.45) is 11.8 Å². The molecule has 2 heterocycles. The standard InChI is InChI=1S/C30H58N4O2/c1-5-33(6-2)29(35)27-19-17-23-31(25-27)21-15-13-11-9-10-12-14-16-22-32-24-18-20-28(26-32)30(36)34(7-3)8-4/h27-28H,5-26H2,1-4H3. The molecule has 0 bridgehead atoms. The molecule has 0 N–H and O–H groups in total. The van der Waals surface area contributed by atoms with E-state index in [2.05, 4.69) is 37.5 Å². The lowest BCUT2D eigenvalue weighted by molar-refractivity contribution is -0.137. The third kappa shape index (κ3) is 10.7. The Morgan fingerprint density at radius 2 is 0.917 bits per heavy atom. The topological polar surface area (TPSA) is 47.1 Å². The van der Waals surface area contributed by atoms with Gasteiger partial charge in [0.15, 0.2) is 0 Å². The van der Waals surface area contributed by atoms with Crippen LogP contribution in [0.3, 0.4) is 0 Å². The highest BCUT2D eigenvalue weighted by Gasteiger charge is 2.29. The van der Waals surface area contributed by atoms with E-state index in [-0.39, 0.29) is 11.8 Å². The van der Waals surface area contributed by atoms with Crippen molar-refractivity contribution in [2.75, 3.05) is 65.4 Å². The van der Waals surface area contributed by atoms with E-state index in [1.807, 2.05) is 9.80 Å². The van der Waals surface area contributed by atoms with E-state index in [4.69, 9.17) is 0 Å². The Morgan fingerprint density at radius 1 is 0.583 bits per heavy atom. The fourth-order valence-electron chi connectivity index (χ4n) is 6.24. The molecule has 0 aliphatic carbocycles. The van der Waals surface area contributed by atoms with Gasteiger partial charge in [0.25, 0.3) is 0 Å². The van der Waals surface area contributed by atoms with E-state index in [0.717, 1.165) is 65.2 Å². The SMILES string of the molecule is CCN(CC)C(=O)C1CCCN(CCCCCCCCCCN2CCCC(C(=O)N(CC)CC)C2)C1. The van der Waals surface area contributed by atoms with Gasteiger partial charge in [0.1, 0.15) is 0 Å². The maximum absolute atomic E-state index is 12.7. The zero-order chi connectivity index (χ0) is 26.2. The average molecular weight is 507 g/mol. The molecule has 0 aromatic rings. The van der Waals surface area contributed by atoms with Gasteiger partial charge in [-0.3, -0.25) is 9.59 Å². The van der Waals surface area contributed by atoms with Gasteiger partial charge in [-0.15, -0.1) is 0 Å². The average Bonchev–Trinajstić information content (AvgIpc) is 2.91. The first-order valence-electron chi connectivity index (χ1n) is 15.6. The molecule has 6 nitrogen and oxygen atoms in total. The van der Waals surface area contributed by atoms with E-state index in [1.165, 1.54) is 77.3 Å². The molecule has 0 saturated carbocycles. The lowest BCUT2D eigenvalue weighted by atomic mass is 9.96. The molecule has 210 valence electrons. The monoisotopic (exact) mass is 506 g/mol. The van der Waals surface area contributed by atoms with Gasteiger partial charge in [-0.25, -0.2) is 0 Å². The second-order valence-corrected chi connectivity index (χ2v) is 11.1. The van der Waals surface area contributed by atoms with Gasteiger partial charge in [-0.1, -0.05) is 38.5 Å². The predicted octanol–water partition coefficient (Wildman–Crippen LogP) is 5.27. The minimum Gasteiger partial charge on any atom is -0.343 e. The number of piperidine rings is 2. The van der Waals surface area contributed by atoms with Crippen molar-refractivity contribution in [3.63, 3.8) is 0 Å². The second-order valence-electron chi connectivity index (χ2n) is 11.1. The van der Waals surface area contributed by atoms with E-state index < -0.39 is 0 Å². The third-order valence-electron chi connectivity index (χ3n) is 8.56. The molecule has 6 heteroatoms. The summed E-state index contributed by atoms with van der Waals surface area (Å²) in [5.41, 5.74) is 0. The molecule has 0 spiro atoms. The van der Waals surface area contributed by atoms with E-state index in [9.17, 15) is 9.59 Å². The Labute approximate surface area is 223 Å². The normalized spacial score (nSPS) is 21.4. The molecule has 0 aromatic heterocycles. The molecule has 2 amide bonds. The number of nitrogens with zero attached hydrogens (tertiary/aromatic N) is 4. The van der Waals surface area contributed by atoms with Gasteiger partial charge in [-0.05, 0) is 92.4 Å². The maximum atomic E-state index is 12.7. The smallest absolute Gasteiger partial charge is 0.226 e. The highest BCUT2D eigenvalue weighted by atomic mass is 16.2. The van der Waals surface area contributed by atoms with E-state index in [0.29, 0.717) is 11.8 Å². The molecule has 2 aliphatic rings. The molecule has 0 radical (unpaired) electrons. The van der Waals surface area contributed by atoms with Crippen molar-refractivity contribution in [1.29, 1.82) is 0 Å². The van der Waals surface area contributed by atoms with Crippen LogP contribution in [0.1, 0.15) is 105 Å². The Kier molecular flexibility index (Phi) is 15.7. The van der Waals surface area contributed by atoms with Gasteiger partial charge in [0.05, 0.1) is 11.8 Å². The quantitative estimate of drug-likeness (QED) is 0.252. The molecular weight excluding hydrogens is 448 g/mol. The van der Waals surface area contributed by atoms with Gasteiger partial charge in [-0.2, -0.15) is 0 Å². The Bertz CT molecular complexity index is 554. The Morgan fingerprint density at radius 3 is 1.25 bits per heavy atom. The van der Waals surface area contributed by atoms with Gasteiger partial charge in [0.2, 0.25) is 11.8 Å². The molecular formula is C30H58N4O2. The summed E-state index contributed by atoms with van der Waals surface area (Å²) in [7, 11) is 0. The fraction of sp³-hybridized carbons (Fsp3) is 0.933. The zero-order valence-corrected chi connectivity index (χ0v) is 24.3. The summed E-state index contributed by atoms with van der Waals surface area (Å²) in [6, 6.07) is 0. The van der Waals surface area contributed by atoms with Gasteiger partial charge in [0, 0.05) is 39.3 Å². The predicted molar refractivity (Wildman–Crippen MR) is 151 cm³/mol. The van der Waals surface area contributed by atoms with Crippen LogP contribution in [-0.2, 0) is 9.59 Å². The van der Waals surface area contributed by atoms with Crippen molar-refractivity contribution >= 4 is 11.8 Å². The number of carbonyl (C=O) groups is 2. The summed E-state index contributed by atoms with van der Waals surface area (Å²) in [5, 5.41) is 0. The fourth-order valence-corrected chi connectivity index (χ4v) is 6.24. The first kappa shape index (κ1) is 31.1. The van der Waals surface area contributed by atoms with Crippen LogP contribution in [0.5, 0.6) is 0 Å². The van der Waals surface area contributed by atoms with Crippen LogP contribution in [0.2, 0.25) is 0 Å². The highest BCUT2D eigenvalue weighted by Crippen LogP contribution is 2.21. The Balaban J connectivity index is 1.47. The molecule has 2 aliphatic heterocycles. The van der Waals surface area contributed by atoms with Crippen molar-refractivity contribution in [1.82, 2.24) is 19.6 Å². The van der Waals surface area contributed by atoms with Crippen molar-refractivity contribution in [3.05, 3.63) is 0 Å². The number of hydrogen-bond acceptors (Lipinski definition) is 4.